The van der Waals surface area contributed by atoms with Crippen molar-refractivity contribution in [1.82, 2.24) is 5.32 Å². The van der Waals surface area contributed by atoms with Crippen molar-refractivity contribution < 1.29 is 72.9 Å². The lowest BCUT2D eigenvalue weighted by Crippen LogP contribution is -2.85. The third kappa shape index (κ3) is 7.42. The maximum absolute atomic E-state index is 15.5. The highest BCUT2D eigenvalue weighted by atomic mass is 16.6. The van der Waals surface area contributed by atoms with Crippen molar-refractivity contribution in [3.05, 3.63) is 119 Å². The number of esters is 4. The Balaban J connectivity index is 1.40. The van der Waals surface area contributed by atoms with E-state index in [4.69, 9.17) is 23.7 Å². The lowest BCUT2D eigenvalue weighted by Gasteiger charge is -2.68. The first-order valence-corrected chi connectivity index (χ1v) is 20.6. The number of aliphatic hydroxyl groups excluding tert-OH is 3. The van der Waals surface area contributed by atoms with Crippen LogP contribution in [0.2, 0.25) is 0 Å². The first kappa shape index (κ1) is 45.3. The molecule has 1 heterocycles. The van der Waals surface area contributed by atoms with Gasteiger partial charge in [-0.05, 0) is 54.8 Å². The van der Waals surface area contributed by atoms with E-state index in [0.29, 0.717) is 5.56 Å². The Morgan fingerprint density at radius 3 is 1.92 bits per heavy atom. The molecule has 3 fully saturated rings. The molecule has 16 nitrogen and oxygen atoms in total. The van der Waals surface area contributed by atoms with E-state index in [2.05, 4.69) is 5.32 Å². The van der Waals surface area contributed by atoms with E-state index in [1.165, 1.54) is 39.8 Å². The Kier molecular flexibility index (Phi) is 12.0. The van der Waals surface area contributed by atoms with Crippen LogP contribution in [0.4, 0.5) is 0 Å². The van der Waals surface area contributed by atoms with Gasteiger partial charge in [0.1, 0.15) is 30.0 Å². The van der Waals surface area contributed by atoms with Gasteiger partial charge < -0.3 is 49.4 Å². The Bertz CT molecular complexity index is 2320. The number of carbonyl (C=O) groups is 6. The molecule has 2 bridgehead atoms. The van der Waals surface area contributed by atoms with Crippen LogP contribution in [-0.4, -0.2) is 117 Å². The number of ketones is 1. The van der Waals surface area contributed by atoms with Crippen molar-refractivity contribution in [2.45, 2.75) is 108 Å². The number of hydrogen-bond acceptors (Lipinski definition) is 15. The fourth-order valence-electron chi connectivity index (χ4n) is 10.3. The maximum atomic E-state index is 15.5. The van der Waals surface area contributed by atoms with Crippen LogP contribution in [0.1, 0.15) is 80.3 Å². The zero-order valence-corrected chi connectivity index (χ0v) is 35.6. The van der Waals surface area contributed by atoms with Crippen molar-refractivity contribution >= 4 is 35.6 Å². The third-order valence-electron chi connectivity index (χ3n) is 13.5. The van der Waals surface area contributed by atoms with Crippen LogP contribution >= 0.6 is 0 Å². The molecular weight excluding hydrogens is 819 g/mol. The molecule has 5 N–H and O–H groups in total. The second-order valence-electron chi connectivity index (χ2n) is 17.5. The van der Waals surface area contributed by atoms with Crippen molar-refractivity contribution in [3.63, 3.8) is 0 Å². The number of aliphatic hydroxyl groups is 4. The van der Waals surface area contributed by atoms with E-state index in [0.717, 1.165) is 13.8 Å². The van der Waals surface area contributed by atoms with Crippen LogP contribution in [0.25, 0.3) is 0 Å². The van der Waals surface area contributed by atoms with E-state index in [-0.39, 0.29) is 22.3 Å². The first-order valence-electron chi connectivity index (χ1n) is 20.6. The van der Waals surface area contributed by atoms with E-state index < -0.39 is 125 Å². The molecule has 1 amide bonds. The van der Waals surface area contributed by atoms with Crippen molar-refractivity contribution in [2.24, 2.45) is 16.7 Å². The molecule has 7 rings (SSSR count). The number of amides is 1. The molecule has 3 aromatic carbocycles. The second-order valence-corrected chi connectivity index (χ2v) is 17.5. The number of nitrogens with one attached hydrogen (secondary N) is 1. The van der Waals surface area contributed by atoms with Crippen LogP contribution in [0, 0.1) is 16.7 Å². The van der Waals surface area contributed by atoms with Crippen LogP contribution < -0.4 is 5.32 Å². The van der Waals surface area contributed by atoms with Crippen molar-refractivity contribution in [3.8, 4) is 0 Å². The molecule has 3 aromatic rings. The number of benzene rings is 3. The normalized spacial score (nSPS) is 32.7. The van der Waals surface area contributed by atoms with Crippen LogP contribution in [0.15, 0.2) is 102 Å². The molecule has 1 aliphatic heterocycles. The predicted molar refractivity (Wildman–Crippen MR) is 219 cm³/mol. The van der Waals surface area contributed by atoms with Gasteiger partial charge in [-0.2, -0.15) is 0 Å². The number of hydrogen-bond donors (Lipinski definition) is 5. The molecule has 0 aromatic heterocycles. The second kappa shape index (κ2) is 16.7. The highest BCUT2D eigenvalue weighted by molar-refractivity contribution is 5.96. The van der Waals surface area contributed by atoms with Gasteiger partial charge >= 0.3 is 23.9 Å². The fraction of sp³-hybridized carbons (Fsp3) is 0.447. The summed E-state index contributed by atoms with van der Waals surface area (Å²) in [5.74, 6) is -7.48. The minimum Gasteiger partial charge on any atom is -0.456 e. The molecule has 334 valence electrons. The fourth-order valence-corrected chi connectivity index (χ4v) is 10.3. The molecule has 0 spiro atoms. The topological polar surface area (TPSA) is 242 Å². The Morgan fingerprint density at radius 1 is 0.810 bits per heavy atom. The monoisotopic (exact) mass is 869 g/mol. The van der Waals surface area contributed by atoms with Crippen LogP contribution in [0.5, 0.6) is 0 Å². The van der Waals surface area contributed by atoms with Crippen LogP contribution in [0.3, 0.4) is 0 Å². The number of rotatable bonds is 10. The minimum atomic E-state index is -2.48. The lowest BCUT2D eigenvalue weighted by molar-refractivity contribution is -0.369. The van der Waals surface area contributed by atoms with Crippen molar-refractivity contribution in [2.75, 3.05) is 6.61 Å². The first-order chi connectivity index (χ1) is 29.7. The molecule has 16 heteroatoms. The van der Waals surface area contributed by atoms with E-state index in [9.17, 15) is 44.4 Å². The minimum absolute atomic E-state index is 0.0180. The van der Waals surface area contributed by atoms with Gasteiger partial charge in [0.15, 0.2) is 23.6 Å². The average molecular weight is 870 g/mol. The van der Waals surface area contributed by atoms with Gasteiger partial charge in [-0.15, -0.1) is 0 Å². The van der Waals surface area contributed by atoms with E-state index in [1.54, 1.807) is 78.9 Å². The van der Waals surface area contributed by atoms with Gasteiger partial charge in [-0.3, -0.25) is 19.2 Å². The molecular formula is C47H51NO15. The number of ether oxygens (including phenoxy) is 5. The SMILES string of the molecule is CC(=O)O[C@H]1C(=O)[C@@]2(C)[C@@H](O)[C@H](O)[C@H]3OC[C@@]3(OC(C)=O)[C@@H]2[C@@H](OC(=O)c2ccccc2)[C@@]2(O)C[C@@H](OC(=O)[C@H](O)[C@@H](NC(=O)c3ccccc3)c3ccccc3)C(C)=C1C2(C)C. The highest BCUT2D eigenvalue weighted by Crippen LogP contribution is 2.64. The number of carbonyl (C=O) groups excluding carboxylic acids is 6. The molecule has 63 heavy (non-hydrogen) atoms. The smallest absolute Gasteiger partial charge is 0.338 e. The molecule has 0 radical (unpaired) electrons. The highest BCUT2D eigenvalue weighted by Gasteiger charge is 2.80. The largest absolute Gasteiger partial charge is 0.456 e. The quantitative estimate of drug-likeness (QED) is 0.112. The summed E-state index contributed by atoms with van der Waals surface area (Å²) in [5, 5.41) is 51.8. The summed E-state index contributed by atoms with van der Waals surface area (Å²) in [7, 11) is 0. The molecule has 3 aliphatic carbocycles. The number of fused-ring (bicyclic) bond motifs is 5. The Morgan fingerprint density at radius 2 is 1.38 bits per heavy atom. The van der Waals surface area contributed by atoms with Crippen LogP contribution in [-0.2, 0) is 42.9 Å². The summed E-state index contributed by atoms with van der Waals surface area (Å²) in [5.41, 5.74) is -7.98. The van der Waals surface area contributed by atoms with Gasteiger partial charge in [-0.25, -0.2) is 9.59 Å². The third-order valence-corrected chi connectivity index (χ3v) is 13.5. The molecule has 0 unspecified atom stereocenters. The summed E-state index contributed by atoms with van der Waals surface area (Å²) in [6.45, 7) is 7.39. The molecule has 1 saturated heterocycles. The lowest BCUT2D eigenvalue weighted by atomic mass is 9.44. The van der Waals surface area contributed by atoms with E-state index >= 15 is 4.79 Å². The zero-order valence-electron chi connectivity index (χ0n) is 35.6. The summed E-state index contributed by atoms with van der Waals surface area (Å²) >= 11 is 0. The summed E-state index contributed by atoms with van der Waals surface area (Å²) in [6, 6.07) is 22.6. The molecule has 2 saturated carbocycles. The summed E-state index contributed by atoms with van der Waals surface area (Å²) in [6.07, 6.45) is -13.5. The molecule has 12 atom stereocenters. The predicted octanol–water partition coefficient (Wildman–Crippen LogP) is 2.71. The van der Waals surface area contributed by atoms with Gasteiger partial charge in [0, 0.05) is 31.2 Å². The van der Waals surface area contributed by atoms with Gasteiger partial charge in [0.05, 0.1) is 35.6 Å². The molecule has 4 aliphatic rings. The number of Topliss-reactive ketones (excluding diaryl/α,β-unsaturated/α-hetero) is 1. The van der Waals surface area contributed by atoms with Gasteiger partial charge in [0.2, 0.25) is 0 Å². The average Bonchev–Trinajstić information content (AvgIpc) is 3.24. The van der Waals surface area contributed by atoms with Gasteiger partial charge in [0.25, 0.3) is 5.91 Å². The zero-order chi connectivity index (χ0) is 45.8. The standard InChI is InChI=1S/C47H51NO15/c1-24-30(61-43(57)33(51)32(27-16-10-7-11-17-27)48-41(55)28-18-12-8-13-19-28)22-47(58)40(62-42(56)29-20-14-9-15-21-29)36-45(6,38(54)35(60-25(2)49)31(24)44(47,4)5)37(53)34(52)39-46(36,23-59-39)63-26(3)50/h7-21,30,32-37,39-40,51-53,58H,22-23H2,1-6H3,(H,48,55)/t30-,32+,33-,34+,35-,36-,37+,39-,40-,45-,46-,47+/m1/s1. The summed E-state index contributed by atoms with van der Waals surface area (Å²) < 4.78 is 29.9. The van der Waals surface area contributed by atoms with Gasteiger partial charge in [-0.1, -0.05) is 80.6 Å². The Labute approximate surface area is 363 Å². The maximum Gasteiger partial charge on any atom is 0.338 e. The Hall–Kier alpha value is -5.78. The van der Waals surface area contributed by atoms with Crippen molar-refractivity contribution in [1.29, 1.82) is 0 Å². The summed E-state index contributed by atoms with van der Waals surface area (Å²) in [4.78, 5) is 83.6. The van der Waals surface area contributed by atoms with E-state index in [1.807, 2.05) is 0 Å².